The van der Waals surface area contributed by atoms with E-state index in [1.54, 1.807) is 12.1 Å². The summed E-state index contributed by atoms with van der Waals surface area (Å²) < 4.78 is 17.2. The summed E-state index contributed by atoms with van der Waals surface area (Å²) in [5, 5.41) is 11.8. The Kier molecular flexibility index (Phi) is 5.86. The fourth-order valence-corrected chi connectivity index (χ4v) is 6.47. The van der Waals surface area contributed by atoms with Gasteiger partial charge in [0.05, 0.1) is 12.7 Å². The molecule has 2 saturated carbocycles. The Hall–Kier alpha value is -2.34. The van der Waals surface area contributed by atoms with Crippen LogP contribution in [0, 0.1) is 28.6 Å². The first kappa shape index (κ1) is 22.8. The molecule has 0 aliphatic heterocycles. The molecule has 0 spiro atoms. The molecule has 2 aromatic rings. The van der Waals surface area contributed by atoms with E-state index in [9.17, 15) is 14.7 Å². The highest BCUT2D eigenvalue weighted by atomic mass is 16.5. The van der Waals surface area contributed by atoms with Gasteiger partial charge < -0.3 is 19.0 Å². The highest BCUT2D eigenvalue weighted by molar-refractivity contribution is 5.77. The molecule has 4 rings (SSSR count). The molecular weight excluding hydrogens is 408 g/mol. The van der Waals surface area contributed by atoms with Gasteiger partial charge in [-0.15, -0.1) is 0 Å². The smallest absolute Gasteiger partial charge is 0.336 e. The Morgan fingerprint density at radius 1 is 1.22 bits per heavy atom. The molecular formula is C26H34O6. The van der Waals surface area contributed by atoms with Gasteiger partial charge in [0, 0.05) is 35.8 Å². The van der Waals surface area contributed by atoms with Gasteiger partial charge in [0.1, 0.15) is 17.4 Å². The summed E-state index contributed by atoms with van der Waals surface area (Å²) in [6, 6.07) is 8.66. The van der Waals surface area contributed by atoms with Crippen molar-refractivity contribution in [2.75, 3.05) is 6.61 Å². The zero-order valence-electron chi connectivity index (χ0n) is 19.6. The lowest BCUT2D eigenvalue weighted by atomic mass is 9.45. The number of aliphatic hydroxyl groups is 1. The quantitative estimate of drug-likeness (QED) is 0.552. The summed E-state index contributed by atoms with van der Waals surface area (Å²) in [6.07, 6.45) is 1.83. The third kappa shape index (κ3) is 3.94. The van der Waals surface area contributed by atoms with E-state index in [1.165, 1.54) is 13.0 Å². The maximum Gasteiger partial charge on any atom is 0.336 e. The first-order valence-electron chi connectivity index (χ1n) is 11.5. The molecule has 0 radical (unpaired) electrons. The third-order valence-corrected chi connectivity index (χ3v) is 8.37. The van der Waals surface area contributed by atoms with Crippen LogP contribution >= 0.6 is 0 Å². The minimum absolute atomic E-state index is 0.0534. The van der Waals surface area contributed by atoms with E-state index in [2.05, 4.69) is 27.7 Å². The van der Waals surface area contributed by atoms with Crippen molar-refractivity contribution in [3.63, 3.8) is 0 Å². The molecule has 0 amide bonds. The lowest BCUT2D eigenvalue weighted by molar-refractivity contribution is -0.198. The summed E-state index contributed by atoms with van der Waals surface area (Å²) in [5.41, 5.74) is -0.188. The number of carbonyl (C=O) groups excluding carboxylic acids is 1. The standard InChI is InChI=1S/C26H34O6/c1-15-19(14-30-18-8-6-17-7-9-24(29)32-21(17)12-18)26(5)11-10-23(31-16(2)27)25(3,4)22(26)13-20(15)28/h6-9,12,15,19-20,22-23,28H,10-11,13-14H2,1-5H3. The fraction of sp³-hybridized carbons (Fsp3) is 0.615. The summed E-state index contributed by atoms with van der Waals surface area (Å²) in [5.74, 6) is 0.803. The molecule has 0 bridgehead atoms. The normalized spacial score (nSPS) is 34.0. The van der Waals surface area contributed by atoms with Gasteiger partial charge in [0.2, 0.25) is 0 Å². The highest BCUT2D eigenvalue weighted by Crippen LogP contribution is 2.61. The molecule has 2 aliphatic rings. The van der Waals surface area contributed by atoms with Crippen molar-refractivity contribution < 1.29 is 23.8 Å². The molecule has 1 heterocycles. The second kappa shape index (κ2) is 8.22. The maximum atomic E-state index is 11.7. The Labute approximate surface area is 188 Å². The Bertz CT molecular complexity index is 1060. The Morgan fingerprint density at radius 3 is 2.66 bits per heavy atom. The lowest BCUT2D eigenvalue weighted by Crippen LogP contribution is -2.60. The van der Waals surface area contributed by atoms with Crippen LogP contribution in [-0.2, 0) is 9.53 Å². The van der Waals surface area contributed by atoms with Crippen LogP contribution in [0.1, 0.15) is 53.9 Å². The van der Waals surface area contributed by atoms with E-state index in [-0.39, 0.29) is 46.3 Å². The number of esters is 1. The average molecular weight is 443 g/mol. The van der Waals surface area contributed by atoms with Gasteiger partial charge in [-0.25, -0.2) is 4.79 Å². The van der Waals surface area contributed by atoms with Crippen LogP contribution in [-0.4, -0.2) is 29.9 Å². The second-order valence-electron chi connectivity index (χ2n) is 10.6. The van der Waals surface area contributed by atoms with Crippen LogP contribution in [0.2, 0.25) is 0 Å². The molecule has 1 aromatic heterocycles. The number of ether oxygens (including phenoxy) is 2. The SMILES string of the molecule is CC(=O)OC1CCC2(C)C(COc3ccc4ccc(=O)oc4c3)C(C)C(O)CC2C1(C)C. The number of benzene rings is 1. The zero-order chi connectivity index (χ0) is 23.3. The van der Waals surface area contributed by atoms with Crippen molar-refractivity contribution >= 4 is 16.9 Å². The molecule has 174 valence electrons. The van der Waals surface area contributed by atoms with E-state index < -0.39 is 6.10 Å². The molecule has 1 N–H and O–H groups in total. The lowest BCUT2D eigenvalue weighted by Gasteiger charge is -2.61. The molecule has 0 saturated heterocycles. The second-order valence-corrected chi connectivity index (χ2v) is 10.6. The first-order valence-corrected chi connectivity index (χ1v) is 11.5. The van der Waals surface area contributed by atoms with Crippen molar-refractivity contribution in [3.05, 3.63) is 40.8 Å². The van der Waals surface area contributed by atoms with Crippen molar-refractivity contribution in [3.8, 4) is 5.75 Å². The van der Waals surface area contributed by atoms with E-state index in [0.29, 0.717) is 24.4 Å². The van der Waals surface area contributed by atoms with Gasteiger partial charge in [-0.2, -0.15) is 0 Å². The molecule has 2 aliphatic carbocycles. The predicted molar refractivity (Wildman–Crippen MR) is 121 cm³/mol. The number of hydrogen-bond acceptors (Lipinski definition) is 6. The van der Waals surface area contributed by atoms with Gasteiger partial charge in [-0.1, -0.05) is 27.7 Å². The molecule has 32 heavy (non-hydrogen) atoms. The van der Waals surface area contributed by atoms with Crippen LogP contribution in [0.3, 0.4) is 0 Å². The summed E-state index contributed by atoms with van der Waals surface area (Å²) in [6.45, 7) is 10.7. The number of aliphatic hydroxyl groups excluding tert-OH is 1. The van der Waals surface area contributed by atoms with Crippen LogP contribution in [0.25, 0.3) is 11.0 Å². The largest absolute Gasteiger partial charge is 0.493 e. The zero-order valence-corrected chi connectivity index (χ0v) is 19.6. The number of fused-ring (bicyclic) bond motifs is 2. The van der Waals surface area contributed by atoms with Gasteiger partial charge in [0.25, 0.3) is 0 Å². The van der Waals surface area contributed by atoms with E-state index in [0.717, 1.165) is 18.2 Å². The van der Waals surface area contributed by atoms with Crippen LogP contribution in [0.4, 0.5) is 0 Å². The maximum absolute atomic E-state index is 11.7. The number of hydrogen-bond donors (Lipinski definition) is 1. The van der Waals surface area contributed by atoms with Crippen LogP contribution in [0.5, 0.6) is 5.75 Å². The molecule has 6 atom stereocenters. The molecule has 6 unspecified atom stereocenters. The number of carbonyl (C=O) groups is 1. The van der Waals surface area contributed by atoms with Crippen molar-refractivity contribution in [2.45, 2.75) is 66.1 Å². The predicted octanol–water partition coefficient (Wildman–Crippen LogP) is 4.56. The Balaban J connectivity index is 1.59. The minimum Gasteiger partial charge on any atom is -0.493 e. The van der Waals surface area contributed by atoms with Gasteiger partial charge >= 0.3 is 11.6 Å². The molecule has 2 fully saturated rings. The monoisotopic (exact) mass is 442 g/mol. The summed E-state index contributed by atoms with van der Waals surface area (Å²) in [4.78, 5) is 23.2. The minimum atomic E-state index is -0.438. The summed E-state index contributed by atoms with van der Waals surface area (Å²) >= 11 is 0. The van der Waals surface area contributed by atoms with Crippen LogP contribution in [0.15, 0.2) is 39.5 Å². The molecule has 1 aromatic carbocycles. The molecule has 6 nitrogen and oxygen atoms in total. The highest BCUT2D eigenvalue weighted by Gasteiger charge is 2.59. The van der Waals surface area contributed by atoms with Crippen molar-refractivity contribution in [1.82, 2.24) is 0 Å². The summed E-state index contributed by atoms with van der Waals surface area (Å²) in [7, 11) is 0. The van der Waals surface area contributed by atoms with Crippen molar-refractivity contribution in [2.24, 2.45) is 28.6 Å². The van der Waals surface area contributed by atoms with Crippen molar-refractivity contribution in [1.29, 1.82) is 0 Å². The third-order valence-electron chi connectivity index (χ3n) is 8.37. The van der Waals surface area contributed by atoms with Crippen LogP contribution < -0.4 is 10.4 Å². The van der Waals surface area contributed by atoms with Gasteiger partial charge in [-0.3, -0.25) is 4.79 Å². The van der Waals surface area contributed by atoms with E-state index in [4.69, 9.17) is 13.9 Å². The topological polar surface area (TPSA) is 86.0 Å². The number of rotatable bonds is 4. The fourth-order valence-electron chi connectivity index (χ4n) is 6.47. The van der Waals surface area contributed by atoms with E-state index >= 15 is 0 Å². The molecule has 6 heteroatoms. The average Bonchev–Trinajstić information content (AvgIpc) is 2.72. The van der Waals surface area contributed by atoms with Gasteiger partial charge in [0.15, 0.2) is 0 Å². The van der Waals surface area contributed by atoms with E-state index in [1.807, 2.05) is 12.1 Å². The van der Waals surface area contributed by atoms with Gasteiger partial charge in [-0.05, 0) is 54.7 Å². The first-order chi connectivity index (χ1) is 15.0. The Morgan fingerprint density at radius 2 is 1.94 bits per heavy atom.